The lowest BCUT2D eigenvalue weighted by atomic mass is 10.0. The van der Waals surface area contributed by atoms with Gasteiger partial charge in [0.15, 0.2) is 0 Å². The Bertz CT molecular complexity index is 614. The molecule has 0 unspecified atom stereocenters. The van der Waals surface area contributed by atoms with Crippen molar-refractivity contribution in [2.75, 3.05) is 18.2 Å². The normalized spacial score (nSPS) is 10.0. The molecule has 2 aromatic rings. The Morgan fingerprint density at radius 1 is 1.26 bits per heavy atom. The topological polar surface area (TPSA) is 64.3 Å². The first-order valence-corrected chi connectivity index (χ1v) is 5.60. The number of halogens is 1. The van der Waals surface area contributed by atoms with E-state index in [1.54, 1.807) is 24.3 Å². The zero-order valence-electron chi connectivity index (χ0n) is 10.3. The summed E-state index contributed by atoms with van der Waals surface area (Å²) in [4.78, 5) is 11.3. The summed E-state index contributed by atoms with van der Waals surface area (Å²) in [6.07, 6.45) is -0.614. The van der Waals surface area contributed by atoms with E-state index in [4.69, 9.17) is 5.73 Å². The number of carbonyl (C=O) groups is 1. The van der Waals surface area contributed by atoms with Gasteiger partial charge in [-0.2, -0.15) is 0 Å². The minimum absolute atomic E-state index is 0.396. The minimum Gasteiger partial charge on any atom is -0.453 e. The zero-order chi connectivity index (χ0) is 13.8. The van der Waals surface area contributed by atoms with Gasteiger partial charge in [0.05, 0.1) is 12.8 Å². The number of carbonyl (C=O) groups excluding carboxylic acids is 1. The van der Waals surface area contributed by atoms with Crippen LogP contribution < -0.4 is 11.1 Å². The van der Waals surface area contributed by atoms with Gasteiger partial charge in [0, 0.05) is 11.3 Å². The number of amides is 1. The highest BCUT2D eigenvalue weighted by Gasteiger charge is 2.10. The molecule has 5 heteroatoms. The molecule has 0 spiro atoms. The molecule has 0 saturated heterocycles. The van der Waals surface area contributed by atoms with Gasteiger partial charge in [0.25, 0.3) is 0 Å². The fourth-order valence-corrected chi connectivity index (χ4v) is 1.73. The van der Waals surface area contributed by atoms with Gasteiger partial charge in [-0.25, -0.2) is 9.18 Å². The molecule has 19 heavy (non-hydrogen) atoms. The van der Waals surface area contributed by atoms with Crippen molar-refractivity contribution in [3.8, 4) is 11.1 Å². The van der Waals surface area contributed by atoms with E-state index in [1.165, 1.54) is 25.3 Å². The van der Waals surface area contributed by atoms with Gasteiger partial charge in [-0.1, -0.05) is 12.1 Å². The van der Waals surface area contributed by atoms with Crippen molar-refractivity contribution in [1.82, 2.24) is 0 Å². The first-order chi connectivity index (χ1) is 9.10. The molecule has 0 aliphatic heterocycles. The summed E-state index contributed by atoms with van der Waals surface area (Å²) in [6.45, 7) is 0. The van der Waals surface area contributed by atoms with Crippen LogP contribution in [0.5, 0.6) is 0 Å². The van der Waals surface area contributed by atoms with Crippen LogP contribution in [0.15, 0.2) is 42.5 Å². The second-order valence-electron chi connectivity index (χ2n) is 3.93. The highest BCUT2D eigenvalue weighted by molar-refractivity contribution is 5.91. The average molecular weight is 260 g/mol. The minimum atomic E-state index is -0.614. The van der Waals surface area contributed by atoms with E-state index < -0.39 is 11.9 Å². The Kier molecular flexibility index (Phi) is 3.66. The van der Waals surface area contributed by atoms with Crippen molar-refractivity contribution in [2.24, 2.45) is 0 Å². The third-order valence-corrected chi connectivity index (χ3v) is 2.60. The molecule has 0 fully saturated rings. The van der Waals surface area contributed by atoms with Crippen LogP contribution in [-0.2, 0) is 4.74 Å². The van der Waals surface area contributed by atoms with Crippen molar-refractivity contribution in [2.45, 2.75) is 0 Å². The number of methoxy groups -OCH3 is 1. The van der Waals surface area contributed by atoms with Gasteiger partial charge < -0.3 is 10.5 Å². The number of benzene rings is 2. The van der Waals surface area contributed by atoms with Gasteiger partial charge in [-0.15, -0.1) is 0 Å². The lowest BCUT2D eigenvalue weighted by Crippen LogP contribution is -2.11. The standard InChI is InChI=1S/C14H13FN2O2/c1-19-14(18)17-13-6-5-10(15)8-12(13)9-3-2-4-11(16)7-9/h2-8H,16H2,1H3,(H,17,18). The molecule has 0 aromatic heterocycles. The molecule has 4 nitrogen and oxygen atoms in total. The maximum atomic E-state index is 13.4. The number of nitrogens with one attached hydrogen (secondary N) is 1. The maximum Gasteiger partial charge on any atom is 0.411 e. The first kappa shape index (κ1) is 12.9. The molecular formula is C14H13FN2O2. The van der Waals surface area contributed by atoms with Crippen LogP contribution in [0.2, 0.25) is 0 Å². The van der Waals surface area contributed by atoms with Crippen LogP contribution in [0, 0.1) is 5.82 Å². The monoisotopic (exact) mass is 260 g/mol. The third kappa shape index (κ3) is 3.01. The van der Waals surface area contributed by atoms with Gasteiger partial charge in [-0.05, 0) is 35.9 Å². The van der Waals surface area contributed by atoms with Crippen molar-refractivity contribution in [3.05, 3.63) is 48.3 Å². The fourth-order valence-electron chi connectivity index (χ4n) is 1.73. The zero-order valence-corrected chi connectivity index (χ0v) is 10.3. The lowest BCUT2D eigenvalue weighted by molar-refractivity contribution is 0.187. The largest absolute Gasteiger partial charge is 0.453 e. The maximum absolute atomic E-state index is 13.4. The van der Waals surface area contributed by atoms with E-state index in [9.17, 15) is 9.18 Å². The van der Waals surface area contributed by atoms with Crippen LogP contribution >= 0.6 is 0 Å². The Morgan fingerprint density at radius 3 is 2.74 bits per heavy atom. The van der Waals surface area contributed by atoms with Gasteiger partial charge in [-0.3, -0.25) is 5.32 Å². The predicted octanol–water partition coefficient (Wildman–Crippen LogP) is 3.25. The number of nitrogen functional groups attached to an aromatic ring is 1. The van der Waals surface area contributed by atoms with Crippen LogP contribution in [-0.4, -0.2) is 13.2 Å². The molecular weight excluding hydrogens is 247 g/mol. The van der Waals surface area contributed by atoms with E-state index >= 15 is 0 Å². The quantitative estimate of drug-likeness (QED) is 0.814. The van der Waals surface area contributed by atoms with E-state index in [0.29, 0.717) is 22.5 Å². The molecule has 0 bridgehead atoms. The second-order valence-corrected chi connectivity index (χ2v) is 3.93. The van der Waals surface area contributed by atoms with Crippen molar-refractivity contribution >= 4 is 17.5 Å². The fraction of sp³-hybridized carbons (Fsp3) is 0.0714. The number of hydrogen-bond donors (Lipinski definition) is 2. The molecule has 0 atom stereocenters. The van der Waals surface area contributed by atoms with Crippen LogP contribution in [0.1, 0.15) is 0 Å². The third-order valence-electron chi connectivity index (χ3n) is 2.60. The molecule has 0 aliphatic carbocycles. The van der Waals surface area contributed by atoms with E-state index in [0.717, 1.165) is 0 Å². The Morgan fingerprint density at radius 2 is 2.05 bits per heavy atom. The molecule has 0 aliphatic rings. The van der Waals surface area contributed by atoms with E-state index in [-0.39, 0.29) is 0 Å². The summed E-state index contributed by atoms with van der Waals surface area (Å²) >= 11 is 0. The highest BCUT2D eigenvalue weighted by Crippen LogP contribution is 2.30. The van der Waals surface area contributed by atoms with E-state index in [2.05, 4.69) is 10.1 Å². The molecule has 3 N–H and O–H groups in total. The number of anilines is 2. The van der Waals surface area contributed by atoms with Crippen LogP contribution in [0.25, 0.3) is 11.1 Å². The number of ether oxygens (including phenoxy) is 1. The van der Waals surface area contributed by atoms with Crippen molar-refractivity contribution in [1.29, 1.82) is 0 Å². The average Bonchev–Trinajstić information content (AvgIpc) is 2.40. The van der Waals surface area contributed by atoms with Gasteiger partial charge in [0.2, 0.25) is 0 Å². The first-order valence-electron chi connectivity index (χ1n) is 5.60. The molecule has 0 radical (unpaired) electrons. The van der Waals surface area contributed by atoms with Crippen molar-refractivity contribution in [3.63, 3.8) is 0 Å². The summed E-state index contributed by atoms with van der Waals surface area (Å²) in [5.41, 5.74) is 7.98. The number of nitrogens with two attached hydrogens (primary N) is 1. The number of rotatable bonds is 2. The molecule has 0 saturated carbocycles. The predicted molar refractivity (Wildman–Crippen MR) is 72.3 cm³/mol. The Labute approximate surface area is 110 Å². The summed E-state index contributed by atoms with van der Waals surface area (Å²) in [5, 5.41) is 2.54. The SMILES string of the molecule is COC(=O)Nc1ccc(F)cc1-c1cccc(N)c1. The highest BCUT2D eigenvalue weighted by atomic mass is 19.1. The molecule has 1 amide bonds. The molecule has 0 heterocycles. The summed E-state index contributed by atoms with van der Waals surface area (Å²) in [5.74, 6) is -0.396. The van der Waals surface area contributed by atoms with Gasteiger partial charge >= 0.3 is 6.09 Å². The smallest absolute Gasteiger partial charge is 0.411 e. The number of hydrogen-bond acceptors (Lipinski definition) is 3. The Hall–Kier alpha value is -2.56. The summed E-state index contributed by atoms with van der Waals surface area (Å²) in [7, 11) is 1.26. The summed E-state index contributed by atoms with van der Waals surface area (Å²) in [6, 6.07) is 11.1. The summed E-state index contributed by atoms with van der Waals surface area (Å²) < 4.78 is 17.9. The Balaban J connectivity index is 2.48. The second kappa shape index (κ2) is 5.39. The van der Waals surface area contributed by atoms with Gasteiger partial charge in [0.1, 0.15) is 5.82 Å². The molecule has 2 aromatic carbocycles. The lowest BCUT2D eigenvalue weighted by Gasteiger charge is -2.11. The van der Waals surface area contributed by atoms with Crippen LogP contribution in [0.4, 0.5) is 20.6 Å². The van der Waals surface area contributed by atoms with Crippen molar-refractivity contribution < 1.29 is 13.9 Å². The van der Waals surface area contributed by atoms with Crippen LogP contribution in [0.3, 0.4) is 0 Å². The molecule has 98 valence electrons. The molecule has 2 rings (SSSR count). The van der Waals surface area contributed by atoms with E-state index in [1.807, 2.05) is 0 Å².